The molecule has 28 heavy (non-hydrogen) atoms. The number of sulfonamides is 1. The average molecular weight is 412 g/mol. The van der Waals surface area contributed by atoms with Crippen molar-refractivity contribution in [3.05, 3.63) is 29.8 Å². The van der Waals surface area contributed by atoms with Gasteiger partial charge in [0.05, 0.1) is 18.9 Å². The van der Waals surface area contributed by atoms with Crippen LogP contribution in [0.1, 0.15) is 43.5 Å². The standard InChI is InChI=1S/C19H29N3O5S/c1-3-13-28(25,26)21-16-9-11-22(12-10-16)18(23)14-20-19(24)15-5-7-17(8-6-15)27-4-2/h5-8,16,21H,3-4,9-14H2,1-2H3,(H,20,24). The molecular formula is C19H29N3O5S. The molecule has 9 heteroatoms. The lowest BCUT2D eigenvalue weighted by atomic mass is 10.1. The van der Waals surface area contributed by atoms with Gasteiger partial charge in [-0.1, -0.05) is 6.92 Å². The molecule has 2 N–H and O–H groups in total. The molecule has 0 unspecified atom stereocenters. The van der Waals surface area contributed by atoms with Gasteiger partial charge in [0.25, 0.3) is 5.91 Å². The number of carbonyl (C=O) groups is 2. The van der Waals surface area contributed by atoms with Crippen LogP contribution < -0.4 is 14.8 Å². The number of likely N-dealkylation sites (tertiary alicyclic amines) is 1. The Balaban J connectivity index is 1.76. The van der Waals surface area contributed by atoms with Gasteiger partial charge in [-0.2, -0.15) is 0 Å². The number of hydrogen-bond acceptors (Lipinski definition) is 5. The Bertz CT molecular complexity index is 756. The van der Waals surface area contributed by atoms with Crippen LogP contribution in [0.4, 0.5) is 0 Å². The van der Waals surface area contributed by atoms with Crippen LogP contribution in [-0.2, 0) is 14.8 Å². The van der Waals surface area contributed by atoms with Crippen molar-refractivity contribution in [2.45, 2.75) is 39.2 Å². The highest BCUT2D eigenvalue weighted by atomic mass is 32.2. The molecule has 1 heterocycles. The molecule has 2 rings (SSSR count). The van der Waals surface area contributed by atoms with Gasteiger partial charge in [0.2, 0.25) is 15.9 Å². The van der Waals surface area contributed by atoms with Crippen LogP contribution in [0, 0.1) is 0 Å². The summed E-state index contributed by atoms with van der Waals surface area (Å²) in [6, 6.07) is 6.59. The molecule has 0 atom stereocenters. The van der Waals surface area contributed by atoms with Crippen LogP contribution >= 0.6 is 0 Å². The Morgan fingerprint density at radius 3 is 2.36 bits per heavy atom. The maximum Gasteiger partial charge on any atom is 0.251 e. The first-order chi connectivity index (χ1) is 13.3. The maximum atomic E-state index is 12.3. The van der Waals surface area contributed by atoms with Gasteiger partial charge in [-0.05, 0) is 50.5 Å². The van der Waals surface area contributed by atoms with Gasteiger partial charge in [-0.3, -0.25) is 9.59 Å². The third-order valence-electron chi connectivity index (χ3n) is 4.49. The minimum atomic E-state index is -3.25. The monoisotopic (exact) mass is 411 g/mol. The number of hydrogen-bond donors (Lipinski definition) is 2. The number of rotatable bonds is 9. The first kappa shape index (κ1) is 22.2. The van der Waals surface area contributed by atoms with E-state index in [-0.39, 0.29) is 30.2 Å². The number of piperidine rings is 1. The molecule has 0 aliphatic carbocycles. The largest absolute Gasteiger partial charge is 0.494 e. The Morgan fingerprint density at radius 1 is 1.14 bits per heavy atom. The van der Waals surface area contributed by atoms with E-state index in [1.54, 1.807) is 29.2 Å². The molecule has 1 saturated heterocycles. The van der Waals surface area contributed by atoms with Crippen LogP contribution in [-0.4, -0.2) is 63.2 Å². The first-order valence-corrected chi connectivity index (χ1v) is 11.3. The fourth-order valence-electron chi connectivity index (χ4n) is 3.07. The summed E-state index contributed by atoms with van der Waals surface area (Å²) >= 11 is 0. The lowest BCUT2D eigenvalue weighted by Crippen LogP contribution is -2.49. The summed E-state index contributed by atoms with van der Waals surface area (Å²) in [4.78, 5) is 26.1. The van der Waals surface area contributed by atoms with Crippen molar-refractivity contribution in [3.8, 4) is 5.75 Å². The SMILES string of the molecule is CCCS(=O)(=O)NC1CCN(C(=O)CNC(=O)c2ccc(OCC)cc2)CC1. The molecule has 0 spiro atoms. The average Bonchev–Trinajstić information content (AvgIpc) is 2.67. The summed E-state index contributed by atoms with van der Waals surface area (Å²) in [6.07, 6.45) is 1.71. The lowest BCUT2D eigenvalue weighted by Gasteiger charge is -2.32. The number of ether oxygens (including phenoxy) is 1. The van der Waals surface area contributed by atoms with E-state index >= 15 is 0 Å². The van der Waals surface area contributed by atoms with Crippen molar-refractivity contribution in [2.75, 3.05) is 32.0 Å². The predicted octanol–water partition coefficient (Wildman–Crippen LogP) is 1.14. The van der Waals surface area contributed by atoms with E-state index in [1.807, 2.05) is 13.8 Å². The summed E-state index contributed by atoms with van der Waals surface area (Å²) in [7, 11) is -3.25. The number of amides is 2. The Hall–Kier alpha value is -2.13. The summed E-state index contributed by atoms with van der Waals surface area (Å²) in [5, 5.41) is 2.63. The van der Waals surface area contributed by atoms with Gasteiger partial charge in [0, 0.05) is 24.7 Å². The molecule has 8 nitrogen and oxygen atoms in total. The molecule has 0 bridgehead atoms. The van der Waals surface area contributed by atoms with E-state index in [4.69, 9.17) is 4.74 Å². The van der Waals surface area contributed by atoms with Crippen LogP contribution in [0.15, 0.2) is 24.3 Å². The van der Waals surface area contributed by atoms with Gasteiger partial charge < -0.3 is 15.0 Å². The second kappa shape index (κ2) is 10.4. The molecule has 1 aliphatic rings. The fraction of sp³-hybridized carbons (Fsp3) is 0.579. The second-order valence-electron chi connectivity index (χ2n) is 6.73. The van der Waals surface area contributed by atoms with Gasteiger partial charge in [0.1, 0.15) is 5.75 Å². The summed E-state index contributed by atoms with van der Waals surface area (Å²) in [5.74, 6) is 0.310. The maximum absolute atomic E-state index is 12.3. The molecule has 0 aromatic heterocycles. The Morgan fingerprint density at radius 2 is 1.79 bits per heavy atom. The predicted molar refractivity (Wildman–Crippen MR) is 107 cm³/mol. The second-order valence-corrected chi connectivity index (χ2v) is 8.61. The van der Waals surface area contributed by atoms with Crippen molar-refractivity contribution in [3.63, 3.8) is 0 Å². The summed E-state index contributed by atoms with van der Waals surface area (Å²) in [6.45, 7) is 5.11. The van der Waals surface area contributed by atoms with Crippen LogP contribution in [0.5, 0.6) is 5.75 Å². The van der Waals surface area contributed by atoms with Crippen LogP contribution in [0.25, 0.3) is 0 Å². The number of nitrogens with one attached hydrogen (secondary N) is 2. The van der Waals surface area contributed by atoms with E-state index in [0.29, 0.717) is 50.3 Å². The van der Waals surface area contributed by atoms with Crippen molar-refractivity contribution >= 4 is 21.8 Å². The minimum absolute atomic E-state index is 0.0850. The van der Waals surface area contributed by atoms with Crippen molar-refractivity contribution < 1.29 is 22.7 Å². The molecule has 1 aliphatic heterocycles. The number of benzene rings is 1. The highest BCUT2D eigenvalue weighted by Gasteiger charge is 2.25. The number of nitrogens with zero attached hydrogens (tertiary/aromatic N) is 1. The zero-order chi connectivity index (χ0) is 20.6. The van der Waals surface area contributed by atoms with Gasteiger partial charge in [0.15, 0.2) is 0 Å². The summed E-state index contributed by atoms with van der Waals surface area (Å²) < 4.78 is 31.7. The fourth-order valence-corrected chi connectivity index (χ4v) is 4.47. The lowest BCUT2D eigenvalue weighted by molar-refractivity contribution is -0.131. The van der Waals surface area contributed by atoms with E-state index in [1.165, 1.54) is 0 Å². The van der Waals surface area contributed by atoms with Crippen molar-refractivity contribution in [1.29, 1.82) is 0 Å². The zero-order valence-electron chi connectivity index (χ0n) is 16.4. The minimum Gasteiger partial charge on any atom is -0.494 e. The zero-order valence-corrected chi connectivity index (χ0v) is 17.3. The first-order valence-electron chi connectivity index (χ1n) is 9.63. The molecule has 156 valence electrons. The van der Waals surface area contributed by atoms with Gasteiger partial charge in [-0.25, -0.2) is 13.1 Å². The third-order valence-corrected chi connectivity index (χ3v) is 6.13. The van der Waals surface area contributed by atoms with Gasteiger partial charge >= 0.3 is 0 Å². The molecule has 1 aromatic rings. The normalized spacial score (nSPS) is 15.3. The molecule has 1 fully saturated rings. The van der Waals surface area contributed by atoms with Crippen LogP contribution in [0.3, 0.4) is 0 Å². The van der Waals surface area contributed by atoms with Crippen LogP contribution in [0.2, 0.25) is 0 Å². The van der Waals surface area contributed by atoms with E-state index in [9.17, 15) is 18.0 Å². The number of carbonyl (C=O) groups excluding carboxylic acids is 2. The highest BCUT2D eigenvalue weighted by molar-refractivity contribution is 7.89. The smallest absolute Gasteiger partial charge is 0.251 e. The van der Waals surface area contributed by atoms with Gasteiger partial charge in [-0.15, -0.1) is 0 Å². The van der Waals surface area contributed by atoms with E-state index in [2.05, 4.69) is 10.0 Å². The van der Waals surface area contributed by atoms with Crippen molar-refractivity contribution in [2.24, 2.45) is 0 Å². The van der Waals surface area contributed by atoms with Crippen molar-refractivity contribution in [1.82, 2.24) is 14.9 Å². The molecule has 2 amide bonds. The topological polar surface area (TPSA) is 105 Å². The highest BCUT2D eigenvalue weighted by Crippen LogP contribution is 2.13. The van der Waals surface area contributed by atoms with E-state index < -0.39 is 10.0 Å². The third kappa shape index (κ3) is 6.79. The molecular weight excluding hydrogens is 382 g/mol. The molecule has 0 saturated carbocycles. The summed E-state index contributed by atoms with van der Waals surface area (Å²) in [5.41, 5.74) is 0.459. The quantitative estimate of drug-likeness (QED) is 0.634. The Kier molecular flexibility index (Phi) is 8.25. The molecule has 1 aromatic carbocycles. The van der Waals surface area contributed by atoms with E-state index in [0.717, 1.165) is 0 Å². The Labute approximate surface area is 166 Å². The molecule has 0 radical (unpaired) electrons.